The van der Waals surface area contributed by atoms with Gasteiger partial charge in [0.25, 0.3) is 0 Å². The van der Waals surface area contributed by atoms with Crippen LogP contribution in [0.5, 0.6) is 0 Å². The monoisotopic (exact) mass is 308 g/mol. The normalized spacial score (nSPS) is 16.5. The molecule has 0 aromatic carbocycles. The lowest BCUT2D eigenvalue weighted by atomic mass is 9.94. The SMILES string of the molecule is CCCCCCC(C)(CC)OC(C(F)(F)F)C(F)(F)F. The van der Waals surface area contributed by atoms with Crippen molar-refractivity contribution in [2.45, 2.75) is 83.4 Å². The van der Waals surface area contributed by atoms with Gasteiger partial charge < -0.3 is 4.74 Å². The first-order chi connectivity index (χ1) is 8.96. The van der Waals surface area contributed by atoms with E-state index in [4.69, 9.17) is 0 Å². The second-order valence-corrected chi connectivity index (χ2v) is 5.20. The minimum Gasteiger partial charge on any atom is -0.355 e. The van der Waals surface area contributed by atoms with E-state index in [-0.39, 0.29) is 12.8 Å². The Bertz CT molecular complexity index is 259. The first-order valence-corrected chi connectivity index (χ1v) is 6.77. The zero-order valence-electron chi connectivity index (χ0n) is 12.0. The summed E-state index contributed by atoms with van der Waals surface area (Å²) in [7, 11) is 0. The molecule has 0 aromatic rings. The van der Waals surface area contributed by atoms with Gasteiger partial charge in [0.1, 0.15) is 0 Å². The number of alkyl halides is 6. The highest BCUT2D eigenvalue weighted by atomic mass is 19.4. The Hall–Kier alpha value is -0.460. The lowest BCUT2D eigenvalue weighted by Crippen LogP contribution is -2.49. The third-order valence-corrected chi connectivity index (χ3v) is 3.30. The van der Waals surface area contributed by atoms with Crippen molar-refractivity contribution < 1.29 is 31.1 Å². The van der Waals surface area contributed by atoms with Crippen molar-refractivity contribution >= 4 is 0 Å². The fraction of sp³-hybridized carbons (Fsp3) is 1.00. The molecule has 0 saturated heterocycles. The Morgan fingerprint density at radius 1 is 0.850 bits per heavy atom. The summed E-state index contributed by atoms with van der Waals surface area (Å²) < 4.78 is 79.3. The van der Waals surface area contributed by atoms with Crippen LogP contribution in [0.4, 0.5) is 26.3 Å². The molecule has 0 aliphatic carbocycles. The molecule has 0 saturated carbocycles. The van der Waals surface area contributed by atoms with Gasteiger partial charge in [0, 0.05) is 0 Å². The molecule has 0 spiro atoms. The molecule has 0 rings (SSSR count). The minimum absolute atomic E-state index is 0.0990. The van der Waals surface area contributed by atoms with E-state index in [0.29, 0.717) is 6.42 Å². The van der Waals surface area contributed by atoms with Crippen LogP contribution in [-0.2, 0) is 4.74 Å². The maximum Gasteiger partial charge on any atom is 0.423 e. The molecule has 1 unspecified atom stereocenters. The van der Waals surface area contributed by atoms with Gasteiger partial charge in [0.05, 0.1) is 5.60 Å². The molecular formula is C13H22F6O. The summed E-state index contributed by atoms with van der Waals surface area (Å²) in [4.78, 5) is 0. The summed E-state index contributed by atoms with van der Waals surface area (Å²) in [6.07, 6.45) is -11.1. The summed E-state index contributed by atoms with van der Waals surface area (Å²) in [6.45, 7) is 4.81. The van der Waals surface area contributed by atoms with Crippen LogP contribution in [0.15, 0.2) is 0 Å². The van der Waals surface area contributed by atoms with Gasteiger partial charge in [-0.2, -0.15) is 26.3 Å². The van der Waals surface area contributed by atoms with Crippen LogP contribution in [0, 0.1) is 0 Å². The molecule has 20 heavy (non-hydrogen) atoms. The van der Waals surface area contributed by atoms with Crippen molar-refractivity contribution in [1.29, 1.82) is 0 Å². The van der Waals surface area contributed by atoms with Gasteiger partial charge in [-0.05, 0) is 19.8 Å². The first-order valence-electron chi connectivity index (χ1n) is 6.77. The standard InChI is InChI=1S/C13H22F6O/c1-4-6-7-8-9-11(3,5-2)20-10(12(14,15)16)13(17,18)19/h10H,4-9H2,1-3H3. The van der Waals surface area contributed by atoms with E-state index in [1.165, 1.54) is 13.8 Å². The Balaban J connectivity index is 4.78. The number of rotatable bonds is 8. The summed E-state index contributed by atoms with van der Waals surface area (Å²) in [6, 6.07) is 0. The van der Waals surface area contributed by atoms with Gasteiger partial charge >= 0.3 is 12.4 Å². The van der Waals surface area contributed by atoms with E-state index in [1.807, 2.05) is 6.92 Å². The molecule has 0 aromatic heterocycles. The molecule has 0 heterocycles. The lowest BCUT2D eigenvalue weighted by Gasteiger charge is -2.35. The Kier molecular flexibility index (Phi) is 7.35. The zero-order chi connectivity index (χ0) is 16.0. The van der Waals surface area contributed by atoms with Crippen molar-refractivity contribution in [3.63, 3.8) is 0 Å². The lowest BCUT2D eigenvalue weighted by molar-refractivity contribution is -0.344. The van der Waals surface area contributed by atoms with Crippen molar-refractivity contribution in [2.75, 3.05) is 0 Å². The van der Waals surface area contributed by atoms with Crippen LogP contribution >= 0.6 is 0 Å². The second kappa shape index (κ2) is 7.52. The topological polar surface area (TPSA) is 9.23 Å². The van der Waals surface area contributed by atoms with Crippen LogP contribution in [0.3, 0.4) is 0 Å². The quantitative estimate of drug-likeness (QED) is 0.417. The summed E-state index contributed by atoms with van der Waals surface area (Å²) >= 11 is 0. The third kappa shape index (κ3) is 6.81. The minimum atomic E-state index is -5.45. The number of hydrogen-bond donors (Lipinski definition) is 0. The first kappa shape index (κ1) is 19.5. The predicted molar refractivity (Wildman–Crippen MR) is 64.4 cm³/mol. The van der Waals surface area contributed by atoms with Gasteiger partial charge in [-0.3, -0.25) is 0 Å². The van der Waals surface area contributed by atoms with E-state index in [1.54, 1.807) is 0 Å². The van der Waals surface area contributed by atoms with Crippen molar-refractivity contribution in [1.82, 2.24) is 0 Å². The predicted octanol–water partition coefficient (Wildman–Crippen LogP) is 5.64. The van der Waals surface area contributed by atoms with Crippen LogP contribution in [0.25, 0.3) is 0 Å². The Labute approximate surface area is 115 Å². The van der Waals surface area contributed by atoms with Crippen molar-refractivity contribution in [3.8, 4) is 0 Å². The highest BCUT2D eigenvalue weighted by Gasteiger charge is 2.59. The number of ether oxygens (including phenoxy) is 1. The molecule has 0 amide bonds. The van der Waals surface area contributed by atoms with Gasteiger partial charge in [0.2, 0.25) is 6.10 Å². The van der Waals surface area contributed by atoms with Crippen LogP contribution in [0.1, 0.15) is 59.3 Å². The summed E-state index contributed by atoms with van der Waals surface area (Å²) in [5, 5.41) is 0. The summed E-state index contributed by atoms with van der Waals surface area (Å²) in [5.41, 5.74) is -1.41. The highest BCUT2D eigenvalue weighted by molar-refractivity contribution is 4.83. The third-order valence-electron chi connectivity index (χ3n) is 3.30. The molecule has 1 nitrogen and oxygen atoms in total. The van der Waals surface area contributed by atoms with Gasteiger partial charge in [-0.1, -0.05) is 39.5 Å². The fourth-order valence-corrected chi connectivity index (χ4v) is 1.85. The number of unbranched alkanes of at least 4 members (excludes halogenated alkanes) is 3. The number of hydrogen-bond acceptors (Lipinski definition) is 1. The Morgan fingerprint density at radius 2 is 1.35 bits per heavy atom. The van der Waals surface area contributed by atoms with Crippen LogP contribution < -0.4 is 0 Å². The fourth-order valence-electron chi connectivity index (χ4n) is 1.85. The van der Waals surface area contributed by atoms with Crippen molar-refractivity contribution in [2.24, 2.45) is 0 Å². The average Bonchev–Trinajstić information content (AvgIpc) is 2.29. The highest BCUT2D eigenvalue weighted by Crippen LogP contribution is 2.39. The molecule has 0 fully saturated rings. The molecule has 0 radical (unpaired) electrons. The Morgan fingerprint density at radius 3 is 1.70 bits per heavy atom. The van der Waals surface area contributed by atoms with Gasteiger partial charge in [-0.15, -0.1) is 0 Å². The number of halogens is 6. The second-order valence-electron chi connectivity index (χ2n) is 5.20. The molecular weight excluding hydrogens is 286 g/mol. The van der Waals surface area contributed by atoms with Crippen molar-refractivity contribution in [3.05, 3.63) is 0 Å². The van der Waals surface area contributed by atoms with E-state index < -0.39 is 24.1 Å². The average molecular weight is 308 g/mol. The molecule has 0 bridgehead atoms. The maximum absolute atomic E-state index is 12.5. The van der Waals surface area contributed by atoms with Gasteiger partial charge in [0.15, 0.2) is 0 Å². The zero-order valence-corrected chi connectivity index (χ0v) is 12.0. The van der Waals surface area contributed by atoms with Crippen LogP contribution in [0.2, 0.25) is 0 Å². The van der Waals surface area contributed by atoms with Crippen LogP contribution in [-0.4, -0.2) is 24.1 Å². The van der Waals surface area contributed by atoms with E-state index in [9.17, 15) is 26.3 Å². The van der Waals surface area contributed by atoms with E-state index in [2.05, 4.69) is 4.74 Å². The van der Waals surface area contributed by atoms with E-state index in [0.717, 1.165) is 19.3 Å². The maximum atomic E-state index is 12.5. The molecule has 1 atom stereocenters. The molecule has 7 heteroatoms. The van der Waals surface area contributed by atoms with E-state index >= 15 is 0 Å². The smallest absolute Gasteiger partial charge is 0.355 e. The molecule has 0 N–H and O–H groups in total. The molecule has 0 aliphatic heterocycles. The van der Waals surface area contributed by atoms with Gasteiger partial charge in [-0.25, -0.2) is 0 Å². The largest absolute Gasteiger partial charge is 0.423 e. The molecule has 122 valence electrons. The molecule has 0 aliphatic rings. The summed E-state index contributed by atoms with van der Waals surface area (Å²) in [5.74, 6) is 0.